The molecule has 0 atom stereocenters. The van der Waals surface area contributed by atoms with Gasteiger partial charge in [0.2, 0.25) is 0 Å². The lowest BCUT2D eigenvalue weighted by molar-refractivity contribution is 0.203. The largest absolute Gasteiger partial charge is 0.396 e. The van der Waals surface area contributed by atoms with Crippen molar-refractivity contribution in [3.63, 3.8) is 0 Å². The van der Waals surface area contributed by atoms with Gasteiger partial charge in [-0.1, -0.05) is 12.1 Å². The second-order valence-electron chi connectivity index (χ2n) is 6.01. The smallest absolute Gasteiger partial charge is 0.0460 e. The molecular formula is C18H24N2OS. The van der Waals surface area contributed by atoms with Crippen LogP contribution in [0.5, 0.6) is 0 Å². The van der Waals surface area contributed by atoms with E-state index in [-0.39, 0.29) is 0 Å². The lowest BCUT2D eigenvalue weighted by atomic mass is 9.97. The number of anilines is 1. The normalized spacial score (nSPS) is 16.1. The summed E-state index contributed by atoms with van der Waals surface area (Å²) in [4.78, 5) is 2.43. The summed E-state index contributed by atoms with van der Waals surface area (Å²) in [6, 6.07) is 11.0. The van der Waals surface area contributed by atoms with Gasteiger partial charge in [0.05, 0.1) is 0 Å². The molecule has 3 rings (SSSR count). The standard InChI is InChI=1S/C18H24N2OS/c21-13-16-5-8-20(9-6-16)18-3-1-15(2-4-18)11-19-12-17-7-10-22-14-17/h1-4,7,10,14,16,19,21H,5-6,8-9,11-13H2. The Morgan fingerprint density at radius 3 is 2.41 bits per heavy atom. The molecule has 118 valence electrons. The third-order valence-corrected chi connectivity index (χ3v) is 5.14. The Hall–Kier alpha value is -1.36. The van der Waals surface area contributed by atoms with Gasteiger partial charge in [0.1, 0.15) is 0 Å². The summed E-state index contributed by atoms with van der Waals surface area (Å²) in [6.07, 6.45) is 2.20. The molecule has 1 saturated heterocycles. The molecule has 0 unspecified atom stereocenters. The first kappa shape index (κ1) is 15.5. The predicted molar refractivity (Wildman–Crippen MR) is 93.3 cm³/mol. The van der Waals surface area contributed by atoms with Gasteiger partial charge in [-0.05, 0) is 58.8 Å². The van der Waals surface area contributed by atoms with Gasteiger partial charge in [0.15, 0.2) is 0 Å². The van der Waals surface area contributed by atoms with E-state index in [1.807, 2.05) is 0 Å². The first-order chi connectivity index (χ1) is 10.8. The van der Waals surface area contributed by atoms with E-state index in [0.717, 1.165) is 39.0 Å². The highest BCUT2D eigenvalue weighted by Crippen LogP contribution is 2.23. The lowest BCUT2D eigenvalue weighted by Crippen LogP contribution is -2.34. The van der Waals surface area contributed by atoms with Gasteiger partial charge in [0, 0.05) is 38.5 Å². The molecule has 2 heterocycles. The van der Waals surface area contributed by atoms with E-state index in [0.29, 0.717) is 12.5 Å². The number of hydrogen-bond donors (Lipinski definition) is 2. The Labute approximate surface area is 136 Å². The molecule has 1 aromatic heterocycles. The number of benzene rings is 1. The monoisotopic (exact) mass is 316 g/mol. The molecule has 22 heavy (non-hydrogen) atoms. The van der Waals surface area contributed by atoms with Crippen molar-refractivity contribution in [2.75, 3.05) is 24.6 Å². The maximum Gasteiger partial charge on any atom is 0.0460 e. The molecule has 0 amide bonds. The van der Waals surface area contributed by atoms with Crippen LogP contribution in [0.3, 0.4) is 0 Å². The first-order valence-electron chi connectivity index (χ1n) is 8.01. The highest BCUT2D eigenvalue weighted by atomic mass is 32.1. The number of hydrogen-bond acceptors (Lipinski definition) is 4. The van der Waals surface area contributed by atoms with Crippen molar-refractivity contribution in [2.24, 2.45) is 5.92 Å². The molecule has 1 aliphatic heterocycles. The van der Waals surface area contributed by atoms with Gasteiger partial charge in [-0.3, -0.25) is 0 Å². The number of aliphatic hydroxyl groups is 1. The van der Waals surface area contributed by atoms with E-state index < -0.39 is 0 Å². The van der Waals surface area contributed by atoms with Crippen LogP contribution in [-0.4, -0.2) is 24.8 Å². The van der Waals surface area contributed by atoms with Gasteiger partial charge in [-0.25, -0.2) is 0 Å². The van der Waals surface area contributed by atoms with Crippen molar-refractivity contribution in [3.8, 4) is 0 Å². The van der Waals surface area contributed by atoms with E-state index >= 15 is 0 Å². The van der Waals surface area contributed by atoms with Crippen LogP contribution >= 0.6 is 11.3 Å². The molecule has 0 aliphatic carbocycles. The fourth-order valence-corrected chi connectivity index (χ4v) is 3.61. The molecule has 1 aliphatic rings. The quantitative estimate of drug-likeness (QED) is 0.859. The number of rotatable bonds is 6. The zero-order valence-electron chi connectivity index (χ0n) is 12.9. The van der Waals surface area contributed by atoms with E-state index in [4.69, 9.17) is 0 Å². The maximum absolute atomic E-state index is 9.21. The highest BCUT2D eigenvalue weighted by Gasteiger charge is 2.18. The number of piperidine rings is 1. The third kappa shape index (κ3) is 4.09. The number of aliphatic hydroxyl groups excluding tert-OH is 1. The molecular weight excluding hydrogens is 292 g/mol. The van der Waals surface area contributed by atoms with Crippen LogP contribution in [0.25, 0.3) is 0 Å². The fraction of sp³-hybridized carbons (Fsp3) is 0.444. The minimum Gasteiger partial charge on any atom is -0.396 e. The average molecular weight is 316 g/mol. The second-order valence-corrected chi connectivity index (χ2v) is 6.79. The van der Waals surface area contributed by atoms with Crippen molar-refractivity contribution < 1.29 is 5.11 Å². The van der Waals surface area contributed by atoms with Crippen LogP contribution in [0, 0.1) is 5.92 Å². The Morgan fingerprint density at radius 1 is 1.05 bits per heavy atom. The van der Waals surface area contributed by atoms with Gasteiger partial charge >= 0.3 is 0 Å². The van der Waals surface area contributed by atoms with Gasteiger partial charge < -0.3 is 15.3 Å². The van der Waals surface area contributed by atoms with E-state index in [2.05, 4.69) is 51.3 Å². The van der Waals surface area contributed by atoms with Crippen molar-refractivity contribution >= 4 is 17.0 Å². The molecule has 2 aromatic rings. The minimum absolute atomic E-state index is 0.336. The van der Waals surface area contributed by atoms with Crippen molar-refractivity contribution in [3.05, 3.63) is 52.2 Å². The second kappa shape index (κ2) is 7.77. The van der Waals surface area contributed by atoms with Gasteiger partial charge in [-0.15, -0.1) is 0 Å². The molecule has 0 spiro atoms. The van der Waals surface area contributed by atoms with Gasteiger partial charge in [0.25, 0.3) is 0 Å². The molecule has 1 fully saturated rings. The number of nitrogens with one attached hydrogen (secondary N) is 1. The first-order valence-corrected chi connectivity index (χ1v) is 8.96. The summed E-state index contributed by atoms with van der Waals surface area (Å²) in [5, 5.41) is 17.0. The minimum atomic E-state index is 0.336. The van der Waals surface area contributed by atoms with Crippen LogP contribution in [0.2, 0.25) is 0 Å². The van der Waals surface area contributed by atoms with E-state index in [9.17, 15) is 5.11 Å². The zero-order chi connectivity index (χ0) is 15.2. The van der Waals surface area contributed by atoms with Crippen LogP contribution < -0.4 is 10.2 Å². The van der Waals surface area contributed by atoms with E-state index in [1.165, 1.54) is 16.8 Å². The average Bonchev–Trinajstić information content (AvgIpc) is 3.09. The molecule has 4 heteroatoms. The zero-order valence-corrected chi connectivity index (χ0v) is 13.7. The van der Waals surface area contributed by atoms with Crippen molar-refractivity contribution in [1.82, 2.24) is 5.32 Å². The maximum atomic E-state index is 9.21. The van der Waals surface area contributed by atoms with E-state index in [1.54, 1.807) is 11.3 Å². The Balaban J connectivity index is 1.48. The van der Waals surface area contributed by atoms with Crippen molar-refractivity contribution in [1.29, 1.82) is 0 Å². The molecule has 2 N–H and O–H groups in total. The SMILES string of the molecule is OCC1CCN(c2ccc(CNCc3ccsc3)cc2)CC1. The number of nitrogens with zero attached hydrogens (tertiary/aromatic N) is 1. The third-order valence-electron chi connectivity index (χ3n) is 4.41. The highest BCUT2D eigenvalue weighted by molar-refractivity contribution is 7.07. The summed E-state index contributed by atoms with van der Waals surface area (Å²) in [5.41, 5.74) is 3.98. The predicted octanol–water partition coefficient (Wildman–Crippen LogP) is 3.25. The fourth-order valence-electron chi connectivity index (χ4n) is 2.94. The Morgan fingerprint density at radius 2 is 1.77 bits per heavy atom. The van der Waals surface area contributed by atoms with Gasteiger partial charge in [-0.2, -0.15) is 11.3 Å². The summed E-state index contributed by atoms with van der Waals surface area (Å²) in [6.45, 7) is 4.28. The lowest BCUT2D eigenvalue weighted by Gasteiger charge is -2.33. The van der Waals surface area contributed by atoms with Crippen LogP contribution in [-0.2, 0) is 13.1 Å². The summed E-state index contributed by atoms with van der Waals surface area (Å²) < 4.78 is 0. The molecule has 0 saturated carbocycles. The van der Waals surface area contributed by atoms with Crippen molar-refractivity contribution in [2.45, 2.75) is 25.9 Å². The van der Waals surface area contributed by atoms with Crippen LogP contribution in [0.1, 0.15) is 24.0 Å². The topological polar surface area (TPSA) is 35.5 Å². The summed E-state index contributed by atoms with van der Waals surface area (Å²) in [5.74, 6) is 0.497. The molecule has 0 bridgehead atoms. The molecule has 1 aromatic carbocycles. The van der Waals surface area contributed by atoms with Crippen LogP contribution in [0.4, 0.5) is 5.69 Å². The molecule has 3 nitrogen and oxygen atoms in total. The van der Waals surface area contributed by atoms with Crippen LogP contribution in [0.15, 0.2) is 41.1 Å². The summed E-state index contributed by atoms with van der Waals surface area (Å²) in [7, 11) is 0. The number of thiophene rings is 1. The summed E-state index contributed by atoms with van der Waals surface area (Å²) >= 11 is 1.74. The molecule has 0 radical (unpaired) electrons. The Bertz CT molecular complexity index is 545. The Kier molecular flexibility index (Phi) is 5.48.